The molecule has 0 bridgehead atoms. The lowest BCUT2D eigenvalue weighted by molar-refractivity contribution is 0.0811. The number of benzene rings is 2. The molecule has 0 aromatic heterocycles. The molecule has 2 aromatic carbocycles. The maximum atomic E-state index is 12.7. The number of rotatable bonds is 5. The zero-order chi connectivity index (χ0) is 16.9. The Morgan fingerprint density at radius 3 is 2.54 bits per heavy atom. The van der Waals surface area contributed by atoms with Crippen LogP contribution in [0.5, 0.6) is 5.75 Å². The Hall–Kier alpha value is -1.84. The van der Waals surface area contributed by atoms with Crippen LogP contribution in [0.25, 0.3) is 0 Å². The van der Waals surface area contributed by atoms with Gasteiger partial charge in [-0.05, 0) is 61.3 Å². The third-order valence-electron chi connectivity index (χ3n) is 4.57. The van der Waals surface area contributed by atoms with Crippen LogP contribution in [-0.4, -0.2) is 30.9 Å². The molecule has 1 fully saturated rings. The van der Waals surface area contributed by atoms with Crippen molar-refractivity contribution in [3.8, 4) is 5.75 Å². The van der Waals surface area contributed by atoms with Crippen molar-refractivity contribution in [1.29, 1.82) is 0 Å². The van der Waals surface area contributed by atoms with E-state index in [-0.39, 0.29) is 11.7 Å². The van der Waals surface area contributed by atoms with Gasteiger partial charge in [0.1, 0.15) is 5.75 Å². The summed E-state index contributed by atoms with van der Waals surface area (Å²) in [4.78, 5) is 15.1. The lowest BCUT2D eigenvalue weighted by atomic mass is 9.90. The summed E-state index contributed by atoms with van der Waals surface area (Å²) in [5.41, 5.74) is 2.01. The molecular weight excluding hydrogens is 322 g/mol. The lowest BCUT2D eigenvalue weighted by Crippen LogP contribution is -2.38. The average molecular weight is 344 g/mol. The first kappa shape index (κ1) is 17.0. The number of nitrogens with zero attached hydrogens (tertiary/aromatic N) is 1. The topological polar surface area (TPSA) is 29.5 Å². The first-order chi connectivity index (χ1) is 11.7. The molecule has 1 aliphatic heterocycles. The lowest BCUT2D eigenvalue weighted by Gasteiger charge is -2.32. The van der Waals surface area contributed by atoms with Crippen LogP contribution in [0.15, 0.2) is 48.5 Å². The second-order valence-electron chi connectivity index (χ2n) is 6.29. The smallest absolute Gasteiger partial charge is 0.167 e. The van der Waals surface area contributed by atoms with E-state index >= 15 is 0 Å². The number of hydrogen-bond acceptors (Lipinski definition) is 3. The number of hydrogen-bond donors (Lipinski definition) is 0. The fourth-order valence-electron chi connectivity index (χ4n) is 3.25. The quantitative estimate of drug-likeness (QED) is 0.751. The molecule has 0 radical (unpaired) electrons. The number of halogens is 1. The van der Waals surface area contributed by atoms with Crippen molar-refractivity contribution in [1.82, 2.24) is 4.90 Å². The van der Waals surface area contributed by atoms with Gasteiger partial charge in [-0.2, -0.15) is 0 Å². The summed E-state index contributed by atoms with van der Waals surface area (Å²) in [6.45, 7) is 2.72. The van der Waals surface area contributed by atoms with E-state index in [9.17, 15) is 4.79 Å². The Morgan fingerprint density at radius 2 is 1.88 bits per heavy atom. The number of likely N-dealkylation sites (tertiary alicyclic amines) is 1. The van der Waals surface area contributed by atoms with E-state index in [0.717, 1.165) is 43.8 Å². The molecule has 4 heteroatoms. The van der Waals surface area contributed by atoms with Crippen molar-refractivity contribution >= 4 is 17.4 Å². The normalized spacial score (nSPS) is 18.3. The Balaban J connectivity index is 1.63. The molecule has 24 heavy (non-hydrogen) atoms. The zero-order valence-corrected chi connectivity index (χ0v) is 14.6. The Kier molecular flexibility index (Phi) is 5.54. The van der Waals surface area contributed by atoms with Crippen molar-refractivity contribution < 1.29 is 9.53 Å². The fraction of sp³-hybridized carbons (Fsp3) is 0.350. The number of ether oxygens (including phenoxy) is 1. The van der Waals surface area contributed by atoms with E-state index in [1.165, 1.54) is 5.56 Å². The van der Waals surface area contributed by atoms with Gasteiger partial charge >= 0.3 is 0 Å². The zero-order valence-electron chi connectivity index (χ0n) is 13.9. The minimum Gasteiger partial charge on any atom is -0.497 e. The third-order valence-corrected chi connectivity index (χ3v) is 4.82. The predicted octanol–water partition coefficient (Wildman–Crippen LogP) is 4.44. The molecule has 0 saturated carbocycles. The molecule has 1 heterocycles. The summed E-state index contributed by atoms with van der Waals surface area (Å²) in [5.74, 6) is 1.16. The highest BCUT2D eigenvalue weighted by Gasteiger charge is 2.26. The van der Waals surface area contributed by atoms with E-state index in [1.54, 1.807) is 19.2 Å². The molecule has 3 nitrogen and oxygen atoms in total. The van der Waals surface area contributed by atoms with Crippen molar-refractivity contribution in [2.45, 2.75) is 19.4 Å². The summed E-state index contributed by atoms with van der Waals surface area (Å²) < 4.78 is 5.20. The van der Waals surface area contributed by atoms with Gasteiger partial charge in [-0.1, -0.05) is 23.7 Å². The number of piperidine rings is 1. The molecule has 1 atom stereocenters. The maximum Gasteiger partial charge on any atom is 0.167 e. The van der Waals surface area contributed by atoms with Gasteiger partial charge in [-0.25, -0.2) is 0 Å². The van der Waals surface area contributed by atoms with Gasteiger partial charge in [-0.3, -0.25) is 9.69 Å². The Labute approximate surface area is 148 Å². The molecule has 0 aliphatic carbocycles. The molecule has 2 aromatic rings. The van der Waals surface area contributed by atoms with Crippen LogP contribution in [0.1, 0.15) is 28.8 Å². The van der Waals surface area contributed by atoms with Gasteiger partial charge < -0.3 is 4.74 Å². The van der Waals surface area contributed by atoms with Gasteiger partial charge in [0.05, 0.1) is 7.11 Å². The average Bonchev–Trinajstić information content (AvgIpc) is 2.63. The van der Waals surface area contributed by atoms with Gasteiger partial charge in [0, 0.05) is 29.6 Å². The SMILES string of the molecule is COc1ccc(CN2CCCC(C(=O)c3ccc(Cl)cc3)C2)cc1. The van der Waals surface area contributed by atoms with Crippen molar-refractivity contribution in [3.05, 3.63) is 64.7 Å². The molecule has 0 amide bonds. The number of ketones is 1. The van der Waals surface area contributed by atoms with Crippen molar-refractivity contribution in [2.24, 2.45) is 5.92 Å². The van der Waals surface area contributed by atoms with Crippen LogP contribution in [-0.2, 0) is 6.54 Å². The largest absolute Gasteiger partial charge is 0.497 e. The summed E-state index contributed by atoms with van der Waals surface area (Å²) in [6.07, 6.45) is 2.01. The highest BCUT2D eigenvalue weighted by atomic mass is 35.5. The number of Topliss-reactive ketones (excluding diaryl/α,β-unsaturated/α-hetero) is 1. The van der Waals surface area contributed by atoms with E-state index < -0.39 is 0 Å². The minimum absolute atomic E-state index is 0.0678. The molecule has 1 saturated heterocycles. The summed E-state index contributed by atoms with van der Waals surface area (Å²) in [6, 6.07) is 15.4. The van der Waals surface area contributed by atoms with Gasteiger partial charge in [-0.15, -0.1) is 0 Å². The number of carbonyl (C=O) groups is 1. The highest BCUT2D eigenvalue weighted by molar-refractivity contribution is 6.30. The number of carbonyl (C=O) groups excluding carboxylic acids is 1. The van der Waals surface area contributed by atoms with Crippen LogP contribution in [0.2, 0.25) is 5.02 Å². The fourth-order valence-corrected chi connectivity index (χ4v) is 3.38. The van der Waals surface area contributed by atoms with Gasteiger partial charge in [0.25, 0.3) is 0 Å². The monoisotopic (exact) mass is 343 g/mol. The first-order valence-electron chi connectivity index (χ1n) is 8.31. The Bertz CT molecular complexity index is 682. The standard InChI is InChI=1S/C20H22ClNO2/c1-24-19-10-4-15(5-11-19)13-22-12-2-3-17(14-22)20(23)16-6-8-18(21)9-7-16/h4-11,17H,2-3,12-14H2,1H3. The van der Waals surface area contributed by atoms with E-state index in [4.69, 9.17) is 16.3 Å². The van der Waals surface area contributed by atoms with Crippen LogP contribution in [0.3, 0.4) is 0 Å². The van der Waals surface area contributed by atoms with Crippen LogP contribution in [0.4, 0.5) is 0 Å². The molecule has 0 N–H and O–H groups in total. The maximum absolute atomic E-state index is 12.7. The molecule has 1 unspecified atom stereocenters. The highest BCUT2D eigenvalue weighted by Crippen LogP contribution is 2.23. The predicted molar refractivity (Wildman–Crippen MR) is 96.8 cm³/mol. The van der Waals surface area contributed by atoms with Gasteiger partial charge in [0.2, 0.25) is 0 Å². The summed E-state index contributed by atoms with van der Waals surface area (Å²) in [5, 5.41) is 0.663. The summed E-state index contributed by atoms with van der Waals surface area (Å²) >= 11 is 5.91. The first-order valence-corrected chi connectivity index (χ1v) is 8.68. The van der Waals surface area contributed by atoms with Crippen LogP contribution >= 0.6 is 11.6 Å². The second kappa shape index (κ2) is 7.82. The van der Waals surface area contributed by atoms with E-state index in [0.29, 0.717) is 5.02 Å². The molecule has 1 aliphatic rings. The number of methoxy groups -OCH3 is 1. The Morgan fingerprint density at radius 1 is 1.17 bits per heavy atom. The minimum atomic E-state index is 0.0678. The van der Waals surface area contributed by atoms with E-state index in [2.05, 4.69) is 17.0 Å². The molecule has 3 rings (SSSR count). The van der Waals surface area contributed by atoms with Crippen LogP contribution in [0, 0.1) is 5.92 Å². The molecular formula is C20H22ClNO2. The van der Waals surface area contributed by atoms with E-state index in [1.807, 2.05) is 24.3 Å². The molecule has 126 valence electrons. The third kappa shape index (κ3) is 4.16. The van der Waals surface area contributed by atoms with Crippen molar-refractivity contribution in [2.75, 3.05) is 20.2 Å². The molecule has 0 spiro atoms. The summed E-state index contributed by atoms with van der Waals surface area (Å²) in [7, 11) is 1.67. The van der Waals surface area contributed by atoms with Crippen LogP contribution < -0.4 is 4.74 Å². The van der Waals surface area contributed by atoms with Crippen molar-refractivity contribution in [3.63, 3.8) is 0 Å². The van der Waals surface area contributed by atoms with Gasteiger partial charge in [0.15, 0.2) is 5.78 Å². The second-order valence-corrected chi connectivity index (χ2v) is 6.73.